The number of methoxy groups -OCH3 is 2. The van der Waals surface area contributed by atoms with Crippen molar-refractivity contribution in [3.8, 4) is 11.5 Å². The third kappa shape index (κ3) is 5.73. The maximum absolute atomic E-state index is 12.7. The molecule has 6 rings (SSSR count). The van der Waals surface area contributed by atoms with Crippen LogP contribution in [0.4, 0.5) is 5.95 Å². The van der Waals surface area contributed by atoms with E-state index in [4.69, 9.17) is 18.9 Å². The summed E-state index contributed by atoms with van der Waals surface area (Å²) in [6.45, 7) is 1.83. The number of amides is 1. The van der Waals surface area contributed by atoms with E-state index in [9.17, 15) is 14.7 Å². The van der Waals surface area contributed by atoms with Crippen molar-refractivity contribution in [3.05, 3.63) is 112 Å². The fraction of sp³-hybridized carbons (Fsp3) is 0.294. The first-order valence-electron chi connectivity index (χ1n) is 14.9. The lowest BCUT2D eigenvalue weighted by atomic mass is 9.80. The monoisotopic (exact) mass is 625 g/mol. The number of ether oxygens (including phenoxy) is 4. The molecule has 0 spiro atoms. The van der Waals surface area contributed by atoms with Gasteiger partial charge in [0.05, 0.1) is 39.8 Å². The van der Waals surface area contributed by atoms with E-state index in [0.717, 1.165) is 16.7 Å². The van der Waals surface area contributed by atoms with Crippen molar-refractivity contribution in [1.29, 1.82) is 0 Å². The van der Waals surface area contributed by atoms with E-state index in [1.807, 2.05) is 78.9 Å². The van der Waals surface area contributed by atoms with Crippen LogP contribution in [0.5, 0.6) is 11.5 Å². The third-order valence-corrected chi connectivity index (χ3v) is 8.26. The summed E-state index contributed by atoms with van der Waals surface area (Å²) >= 11 is 0. The molecule has 5 aromatic rings. The molecule has 3 N–H and O–H groups in total. The number of H-pyrrole nitrogens is 1. The quantitative estimate of drug-likeness (QED) is 0.186. The predicted molar refractivity (Wildman–Crippen MR) is 170 cm³/mol. The number of imidazole rings is 1. The first kappa shape index (κ1) is 31.0. The molecule has 2 aromatic heterocycles. The van der Waals surface area contributed by atoms with Crippen LogP contribution in [0.25, 0.3) is 11.2 Å². The Kier molecular flexibility index (Phi) is 8.84. The summed E-state index contributed by atoms with van der Waals surface area (Å²) in [4.78, 5) is 35.8. The number of rotatable bonds is 11. The molecule has 3 heterocycles. The van der Waals surface area contributed by atoms with E-state index in [2.05, 4.69) is 20.3 Å². The summed E-state index contributed by atoms with van der Waals surface area (Å²) in [7, 11) is 3.23. The maximum Gasteiger partial charge on any atom is 0.280 e. The summed E-state index contributed by atoms with van der Waals surface area (Å²) in [6.07, 6.45) is -0.104. The molecule has 0 bridgehead atoms. The molecule has 1 aliphatic heterocycles. The zero-order valence-electron chi connectivity index (χ0n) is 25.7. The maximum atomic E-state index is 12.7. The van der Waals surface area contributed by atoms with E-state index in [1.54, 1.807) is 25.7 Å². The van der Waals surface area contributed by atoms with Crippen LogP contribution < -0.4 is 20.3 Å². The minimum atomic E-state index is -1.09. The Morgan fingerprint density at radius 2 is 1.61 bits per heavy atom. The second-order valence-electron chi connectivity index (χ2n) is 10.9. The van der Waals surface area contributed by atoms with E-state index < -0.39 is 29.4 Å². The van der Waals surface area contributed by atoms with E-state index >= 15 is 0 Å². The minimum Gasteiger partial charge on any atom is -0.497 e. The standard InChI is InChI=1S/C34H35N5O7/c1-4-28(40)36-33-37-31-29(32(42)38-33)35-20-39(31)26-18-45-27(30(26)41)19-46-34(21-8-6-5-7-9-21,22-10-14-24(43-2)15-11-22)23-12-16-25(44-3)17-13-23/h5-17,20,26-27,30,41H,4,18-19H2,1-3H3,(H2,36,37,38,40,42). The summed E-state index contributed by atoms with van der Waals surface area (Å²) in [6, 6.07) is 24.6. The number of nitrogens with one attached hydrogen (secondary N) is 2. The van der Waals surface area contributed by atoms with Gasteiger partial charge in [-0.2, -0.15) is 4.98 Å². The Bertz CT molecular complexity index is 1810. The molecule has 46 heavy (non-hydrogen) atoms. The van der Waals surface area contributed by atoms with Gasteiger partial charge < -0.3 is 28.6 Å². The minimum absolute atomic E-state index is 0.00557. The Hall–Kier alpha value is -5.04. The fourth-order valence-electron chi connectivity index (χ4n) is 5.79. The van der Waals surface area contributed by atoms with Gasteiger partial charge in [-0.15, -0.1) is 0 Å². The molecule has 238 valence electrons. The van der Waals surface area contributed by atoms with Gasteiger partial charge in [-0.05, 0) is 41.0 Å². The van der Waals surface area contributed by atoms with E-state index in [0.29, 0.717) is 11.5 Å². The number of anilines is 1. The van der Waals surface area contributed by atoms with Crippen LogP contribution in [-0.4, -0.2) is 70.2 Å². The Labute approximate surface area is 264 Å². The summed E-state index contributed by atoms with van der Waals surface area (Å²) in [5.41, 5.74) is 1.28. The third-order valence-electron chi connectivity index (χ3n) is 8.26. The molecule has 0 radical (unpaired) electrons. The summed E-state index contributed by atoms with van der Waals surface area (Å²) < 4.78 is 25.5. The molecule has 1 amide bonds. The first-order chi connectivity index (χ1) is 22.4. The average Bonchev–Trinajstić information content (AvgIpc) is 3.68. The Morgan fingerprint density at radius 3 is 2.20 bits per heavy atom. The second-order valence-corrected chi connectivity index (χ2v) is 10.9. The van der Waals surface area contributed by atoms with Crippen molar-refractivity contribution in [1.82, 2.24) is 19.5 Å². The van der Waals surface area contributed by atoms with Crippen molar-refractivity contribution in [2.45, 2.75) is 37.2 Å². The first-order valence-corrected chi connectivity index (χ1v) is 14.9. The van der Waals surface area contributed by atoms with Crippen molar-refractivity contribution in [3.63, 3.8) is 0 Å². The molecule has 12 heteroatoms. The number of aromatic nitrogens is 4. The SMILES string of the molecule is CCC(=O)Nc1nc2c(ncn2C2COC(COC(c3ccccc3)(c3ccc(OC)cc3)c3ccc(OC)cc3)C2O)c(=O)[nH]1. The number of benzene rings is 3. The summed E-state index contributed by atoms with van der Waals surface area (Å²) in [5, 5.41) is 14.2. The smallest absolute Gasteiger partial charge is 0.280 e. The van der Waals surface area contributed by atoms with Gasteiger partial charge in [-0.3, -0.25) is 19.9 Å². The molecule has 0 aliphatic carbocycles. The zero-order chi connectivity index (χ0) is 32.3. The summed E-state index contributed by atoms with van der Waals surface area (Å²) in [5.74, 6) is 1.11. The second kappa shape index (κ2) is 13.1. The van der Waals surface area contributed by atoms with Crippen LogP contribution >= 0.6 is 0 Å². The van der Waals surface area contributed by atoms with Gasteiger partial charge in [0, 0.05) is 6.42 Å². The van der Waals surface area contributed by atoms with Gasteiger partial charge in [0.1, 0.15) is 29.3 Å². The van der Waals surface area contributed by atoms with Gasteiger partial charge in [-0.25, -0.2) is 4.98 Å². The molecule has 1 aliphatic rings. The molecule has 3 unspecified atom stereocenters. The molecular formula is C34H35N5O7. The van der Waals surface area contributed by atoms with Gasteiger partial charge >= 0.3 is 0 Å². The fourth-order valence-corrected chi connectivity index (χ4v) is 5.79. The zero-order valence-corrected chi connectivity index (χ0v) is 25.7. The Balaban J connectivity index is 1.35. The number of aliphatic hydroxyl groups excluding tert-OH is 1. The van der Waals surface area contributed by atoms with Crippen molar-refractivity contribution < 1.29 is 28.8 Å². The Morgan fingerprint density at radius 1 is 1.00 bits per heavy atom. The van der Waals surface area contributed by atoms with Gasteiger partial charge in [-0.1, -0.05) is 61.5 Å². The highest BCUT2D eigenvalue weighted by atomic mass is 16.6. The van der Waals surface area contributed by atoms with Crippen LogP contribution in [0, 0.1) is 0 Å². The van der Waals surface area contributed by atoms with Gasteiger partial charge in [0.25, 0.3) is 5.56 Å². The normalized spacial score (nSPS) is 18.0. The lowest BCUT2D eigenvalue weighted by Gasteiger charge is -2.37. The highest BCUT2D eigenvalue weighted by molar-refractivity contribution is 5.89. The van der Waals surface area contributed by atoms with E-state index in [1.165, 1.54) is 6.33 Å². The number of hydrogen-bond acceptors (Lipinski definition) is 9. The van der Waals surface area contributed by atoms with Crippen LogP contribution in [0.1, 0.15) is 36.1 Å². The molecule has 1 saturated heterocycles. The van der Waals surface area contributed by atoms with Crippen LogP contribution in [0.15, 0.2) is 90.0 Å². The molecule has 3 aromatic carbocycles. The average molecular weight is 626 g/mol. The molecule has 0 saturated carbocycles. The number of aliphatic hydroxyl groups is 1. The van der Waals surface area contributed by atoms with Crippen LogP contribution in [0.2, 0.25) is 0 Å². The number of nitrogens with zero attached hydrogens (tertiary/aromatic N) is 3. The molecule has 3 atom stereocenters. The van der Waals surface area contributed by atoms with Gasteiger partial charge in [0.15, 0.2) is 11.2 Å². The number of carbonyl (C=O) groups is 1. The molecule has 12 nitrogen and oxygen atoms in total. The number of aromatic amines is 1. The largest absolute Gasteiger partial charge is 0.497 e. The lowest BCUT2D eigenvalue weighted by molar-refractivity contribution is -0.115. The highest BCUT2D eigenvalue weighted by Gasteiger charge is 2.43. The van der Waals surface area contributed by atoms with Crippen LogP contribution in [0.3, 0.4) is 0 Å². The number of hydrogen-bond donors (Lipinski definition) is 3. The van der Waals surface area contributed by atoms with Crippen LogP contribution in [-0.2, 0) is 19.9 Å². The van der Waals surface area contributed by atoms with Crippen molar-refractivity contribution in [2.24, 2.45) is 0 Å². The van der Waals surface area contributed by atoms with Crippen molar-refractivity contribution >= 4 is 23.0 Å². The van der Waals surface area contributed by atoms with E-state index in [-0.39, 0.29) is 42.7 Å². The van der Waals surface area contributed by atoms with Gasteiger partial charge in [0.2, 0.25) is 11.9 Å². The number of fused-ring (bicyclic) bond motifs is 1. The highest BCUT2D eigenvalue weighted by Crippen LogP contribution is 2.42. The topological polar surface area (TPSA) is 150 Å². The predicted octanol–water partition coefficient (Wildman–Crippen LogP) is 3.79. The lowest BCUT2D eigenvalue weighted by Crippen LogP contribution is -2.39. The van der Waals surface area contributed by atoms with Crippen molar-refractivity contribution in [2.75, 3.05) is 32.8 Å². The molecular weight excluding hydrogens is 590 g/mol. The molecule has 1 fully saturated rings. The number of carbonyl (C=O) groups excluding carboxylic acids is 1.